The molecular weight excluding hydrogens is 432 g/mol. The highest BCUT2D eigenvalue weighted by Crippen LogP contribution is 2.63. The second-order valence-corrected chi connectivity index (χ2v) is 9.41. The topological polar surface area (TPSA) is 86.0 Å². The zero-order chi connectivity index (χ0) is 22.8. The molecule has 3 heterocycles. The normalized spacial score (nSPS) is 21.3. The van der Waals surface area contributed by atoms with E-state index in [-0.39, 0.29) is 42.4 Å². The molecule has 2 fully saturated rings. The van der Waals surface area contributed by atoms with Gasteiger partial charge in [0, 0.05) is 23.9 Å². The van der Waals surface area contributed by atoms with Crippen molar-refractivity contribution in [1.29, 1.82) is 0 Å². The first-order chi connectivity index (χ1) is 15.2. The Morgan fingerprint density at radius 2 is 1.88 bits per heavy atom. The molecule has 1 aromatic carbocycles. The largest absolute Gasteiger partial charge is 0.467 e. The van der Waals surface area contributed by atoms with Gasteiger partial charge in [-0.2, -0.15) is 5.10 Å². The predicted octanol–water partition coefficient (Wildman–Crippen LogP) is 3.48. The highest BCUT2D eigenvalue weighted by Gasteiger charge is 2.72. The first kappa shape index (κ1) is 20.9. The van der Waals surface area contributed by atoms with Crippen molar-refractivity contribution >= 4 is 28.9 Å². The fourth-order valence-corrected chi connectivity index (χ4v) is 5.11. The van der Waals surface area contributed by atoms with Gasteiger partial charge in [-0.25, -0.2) is 9.50 Å². The third-order valence-corrected chi connectivity index (χ3v) is 6.73. The van der Waals surface area contributed by atoms with Crippen molar-refractivity contribution in [2.75, 3.05) is 13.9 Å². The Morgan fingerprint density at radius 1 is 1.16 bits per heavy atom. The van der Waals surface area contributed by atoms with Gasteiger partial charge in [-0.05, 0) is 41.7 Å². The lowest BCUT2D eigenvalue weighted by Crippen LogP contribution is -2.35. The Bertz CT molecular complexity index is 1240. The molecule has 3 aromatic rings. The Hall–Kier alpha value is -2.97. The zero-order valence-electron chi connectivity index (χ0n) is 18.3. The van der Waals surface area contributed by atoms with Gasteiger partial charge in [0.05, 0.1) is 23.9 Å². The highest BCUT2D eigenvalue weighted by molar-refractivity contribution is 6.31. The first-order valence-corrected chi connectivity index (χ1v) is 10.7. The molecule has 1 saturated heterocycles. The van der Waals surface area contributed by atoms with Gasteiger partial charge in [0.2, 0.25) is 11.8 Å². The standard InChI is InChI=1S/C23H23ClN4O4/c1-12-5-14(24)7-15(20(12)32-11-31-4)19-16-6-13(9-28(16)26-10-25-19)8-27-21(29)17-18(22(27)30)23(17,2)3/h5-7,9-10,17-18H,8,11H2,1-4H3. The maximum Gasteiger partial charge on any atom is 0.233 e. The SMILES string of the molecule is COCOc1c(C)cc(Cl)cc1-c1ncnn2cc(CN3C(=O)C4C(C3=O)C4(C)C)cc12. The monoisotopic (exact) mass is 454 g/mol. The number of halogens is 1. The van der Waals surface area contributed by atoms with Crippen LogP contribution in [-0.4, -0.2) is 45.2 Å². The summed E-state index contributed by atoms with van der Waals surface area (Å²) in [4.78, 5) is 31.3. The van der Waals surface area contributed by atoms with Crippen LogP contribution in [0.5, 0.6) is 5.75 Å². The quantitative estimate of drug-likeness (QED) is 0.418. The number of benzene rings is 1. The number of fused-ring (bicyclic) bond motifs is 2. The van der Waals surface area contributed by atoms with Crippen molar-refractivity contribution in [2.45, 2.75) is 27.3 Å². The molecule has 0 bridgehead atoms. The summed E-state index contributed by atoms with van der Waals surface area (Å²) in [5.74, 6) is 0.0426. The minimum atomic E-state index is -0.224. The summed E-state index contributed by atoms with van der Waals surface area (Å²) in [6.45, 7) is 6.15. The van der Waals surface area contributed by atoms with E-state index in [1.807, 2.05) is 39.1 Å². The number of hydrogen-bond donors (Lipinski definition) is 0. The fourth-order valence-electron chi connectivity index (χ4n) is 4.83. The third kappa shape index (κ3) is 3.09. The van der Waals surface area contributed by atoms with Crippen LogP contribution >= 0.6 is 11.6 Å². The van der Waals surface area contributed by atoms with E-state index in [1.54, 1.807) is 17.7 Å². The number of rotatable bonds is 6. The number of nitrogens with zero attached hydrogens (tertiary/aromatic N) is 4. The zero-order valence-corrected chi connectivity index (χ0v) is 19.0. The molecule has 2 atom stereocenters. The molecule has 0 radical (unpaired) electrons. The number of hydrogen-bond acceptors (Lipinski definition) is 6. The number of aromatic nitrogens is 3. The summed E-state index contributed by atoms with van der Waals surface area (Å²) in [5.41, 5.74) is 3.48. The van der Waals surface area contributed by atoms with Crippen LogP contribution in [0.2, 0.25) is 5.02 Å². The molecule has 0 spiro atoms. The van der Waals surface area contributed by atoms with E-state index in [9.17, 15) is 9.59 Å². The molecule has 2 aromatic heterocycles. The van der Waals surface area contributed by atoms with Crippen molar-refractivity contribution in [1.82, 2.24) is 19.5 Å². The number of carbonyl (C=O) groups is 2. The lowest BCUT2D eigenvalue weighted by molar-refractivity contribution is -0.143. The van der Waals surface area contributed by atoms with E-state index >= 15 is 0 Å². The number of piperidine rings is 1. The number of ether oxygens (including phenoxy) is 2. The van der Waals surface area contributed by atoms with Gasteiger partial charge in [-0.15, -0.1) is 0 Å². The van der Waals surface area contributed by atoms with Crippen molar-refractivity contribution in [3.8, 4) is 17.0 Å². The van der Waals surface area contributed by atoms with Crippen LogP contribution < -0.4 is 4.74 Å². The maximum absolute atomic E-state index is 12.7. The maximum atomic E-state index is 12.7. The number of carbonyl (C=O) groups excluding carboxylic acids is 2. The van der Waals surface area contributed by atoms with Crippen LogP contribution in [0.25, 0.3) is 16.8 Å². The summed E-state index contributed by atoms with van der Waals surface area (Å²) in [6.07, 6.45) is 3.26. The van der Waals surface area contributed by atoms with Crippen molar-refractivity contribution in [2.24, 2.45) is 17.3 Å². The van der Waals surface area contributed by atoms with Gasteiger partial charge < -0.3 is 9.47 Å². The van der Waals surface area contributed by atoms with Gasteiger partial charge >= 0.3 is 0 Å². The van der Waals surface area contributed by atoms with Crippen LogP contribution in [0.3, 0.4) is 0 Å². The molecule has 0 N–H and O–H groups in total. The van der Waals surface area contributed by atoms with Crippen LogP contribution in [-0.2, 0) is 20.9 Å². The number of aryl methyl sites for hydroxylation is 1. The minimum absolute atomic E-state index is 0.0843. The Balaban J connectivity index is 1.52. The van der Waals surface area contributed by atoms with E-state index in [0.29, 0.717) is 22.0 Å². The molecule has 2 unspecified atom stereocenters. The van der Waals surface area contributed by atoms with E-state index in [1.165, 1.54) is 11.2 Å². The van der Waals surface area contributed by atoms with Gasteiger partial charge in [0.1, 0.15) is 17.8 Å². The number of methoxy groups -OCH3 is 1. The molecular formula is C23H23ClN4O4. The second-order valence-electron chi connectivity index (χ2n) is 8.98. The highest BCUT2D eigenvalue weighted by atomic mass is 35.5. The Kier molecular flexibility index (Phi) is 4.76. The molecule has 1 saturated carbocycles. The van der Waals surface area contributed by atoms with Crippen LogP contribution in [0.1, 0.15) is 25.0 Å². The molecule has 2 amide bonds. The van der Waals surface area contributed by atoms with E-state index < -0.39 is 0 Å². The molecule has 5 rings (SSSR count). The molecule has 1 aliphatic carbocycles. The third-order valence-electron chi connectivity index (χ3n) is 6.51. The summed E-state index contributed by atoms with van der Waals surface area (Å²) < 4.78 is 12.6. The van der Waals surface area contributed by atoms with Crippen molar-refractivity contribution in [3.05, 3.63) is 46.9 Å². The Morgan fingerprint density at radius 3 is 2.56 bits per heavy atom. The lowest BCUT2D eigenvalue weighted by atomic mass is 10.0. The molecule has 32 heavy (non-hydrogen) atoms. The lowest BCUT2D eigenvalue weighted by Gasteiger charge is -2.19. The molecule has 8 nitrogen and oxygen atoms in total. The van der Waals surface area contributed by atoms with Crippen molar-refractivity contribution < 1.29 is 19.1 Å². The smallest absolute Gasteiger partial charge is 0.233 e. The average Bonchev–Trinajstić information content (AvgIpc) is 2.99. The van der Waals surface area contributed by atoms with Crippen molar-refractivity contribution in [3.63, 3.8) is 0 Å². The van der Waals surface area contributed by atoms with Gasteiger partial charge in [-0.3, -0.25) is 14.5 Å². The minimum Gasteiger partial charge on any atom is -0.467 e. The summed E-state index contributed by atoms with van der Waals surface area (Å²) in [5, 5.41) is 4.86. The molecule has 166 valence electrons. The van der Waals surface area contributed by atoms with Gasteiger partial charge in [-0.1, -0.05) is 25.4 Å². The van der Waals surface area contributed by atoms with Gasteiger partial charge in [0.25, 0.3) is 0 Å². The molecule has 9 heteroatoms. The number of amides is 2. The van der Waals surface area contributed by atoms with Gasteiger partial charge in [0.15, 0.2) is 6.79 Å². The van der Waals surface area contributed by atoms with Crippen LogP contribution in [0.15, 0.2) is 30.7 Å². The van der Waals surface area contributed by atoms with E-state index in [0.717, 1.165) is 16.6 Å². The van der Waals surface area contributed by atoms with E-state index in [2.05, 4.69) is 10.1 Å². The summed E-state index contributed by atoms with van der Waals surface area (Å²) in [7, 11) is 1.55. The number of likely N-dealkylation sites (tertiary alicyclic amines) is 1. The number of imide groups is 1. The predicted molar refractivity (Wildman–Crippen MR) is 117 cm³/mol. The molecule has 2 aliphatic rings. The van der Waals surface area contributed by atoms with E-state index in [4.69, 9.17) is 21.1 Å². The first-order valence-electron chi connectivity index (χ1n) is 10.3. The summed E-state index contributed by atoms with van der Waals surface area (Å²) in [6, 6.07) is 5.49. The van der Waals surface area contributed by atoms with Crippen LogP contribution in [0, 0.1) is 24.2 Å². The van der Waals surface area contributed by atoms with Crippen LogP contribution in [0.4, 0.5) is 0 Å². The average molecular weight is 455 g/mol. The molecule has 1 aliphatic heterocycles. The summed E-state index contributed by atoms with van der Waals surface area (Å²) >= 11 is 6.33. The fraction of sp³-hybridized carbons (Fsp3) is 0.391. The Labute approximate surface area is 190 Å². The second kappa shape index (κ2) is 7.28.